The maximum absolute atomic E-state index is 5.95. The van der Waals surface area contributed by atoms with Crippen molar-refractivity contribution >= 4 is 0 Å². The minimum Gasteiger partial charge on any atom is -0.493 e. The summed E-state index contributed by atoms with van der Waals surface area (Å²) in [6, 6.07) is 6.58. The number of nitrogens with two attached hydrogens (primary N) is 1. The summed E-state index contributed by atoms with van der Waals surface area (Å²) in [5, 5.41) is 0. The monoisotopic (exact) mass is 205 g/mol. The molecule has 1 heterocycles. The van der Waals surface area contributed by atoms with Crippen molar-refractivity contribution in [3.63, 3.8) is 0 Å². The topological polar surface area (TPSA) is 35.2 Å². The first kappa shape index (κ1) is 10.5. The standard InChI is InChI=1S/C13H19NO/c1-9(10(2)14)12-7-3-5-11-6-4-8-15-13(11)12/h3,5,7,9-10H,4,6,8,14H2,1-2H3. The zero-order valence-electron chi connectivity index (χ0n) is 9.49. The molecule has 1 aliphatic heterocycles. The van der Waals surface area contributed by atoms with Crippen molar-refractivity contribution in [3.05, 3.63) is 29.3 Å². The third-order valence-corrected chi connectivity index (χ3v) is 3.24. The molecule has 82 valence electrons. The third-order valence-electron chi connectivity index (χ3n) is 3.24. The predicted molar refractivity (Wildman–Crippen MR) is 62.3 cm³/mol. The van der Waals surface area contributed by atoms with Gasteiger partial charge >= 0.3 is 0 Å². The van der Waals surface area contributed by atoms with Gasteiger partial charge in [-0.15, -0.1) is 0 Å². The van der Waals surface area contributed by atoms with E-state index in [-0.39, 0.29) is 6.04 Å². The fourth-order valence-corrected chi connectivity index (χ4v) is 2.06. The molecular formula is C13H19NO. The second kappa shape index (κ2) is 4.23. The fraction of sp³-hybridized carbons (Fsp3) is 0.538. The molecule has 1 aliphatic rings. The summed E-state index contributed by atoms with van der Waals surface area (Å²) in [6.45, 7) is 5.06. The second-order valence-electron chi connectivity index (χ2n) is 4.44. The van der Waals surface area contributed by atoms with Crippen LogP contribution in [0.25, 0.3) is 0 Å². The van der Waals surface area contributed by atoms with Crippen molar-refractivity contribution in [2.24, 2.45) is 5.73 Å². The van der Waals surface area contributed by atoms with Crippen molar-refractivity contribution < 1.29 is 4.74 Å². The number of hydrogen-bond donors (Lipinski definition) is 1. The van der Waals surface area contributed by atoms with Crippen molar-refractivity contribution in [3.8, 4) is 5.75 Å². The Morgan fingerprint density at radius 2 is 2.13 bits per heavy atom. The molecule has 2 unspecified atom stereocenters. The molecule has 0 amide bonds. The number of benzene rings is 1. The number of fused-ring (bicyclic) bond motifs is 1. The van der Waals surface area contributed by atoms with Gasteiger partial charge in [0.2, 0.25) is 0 Å². The zero-order valence-corrected chi connectivity index (χ0v) is 9.49. The Balaban J connectivity index is 2.39. The van der Waals surface area contributed by atoms with Gasteiger partial charge in [-0.05, 0) is 36.8 Å². The summed E-state index contributed by atoms with van der Waals surface area (Å²) in [6.07, 6.45) is 2.26. The highest BCUT2D eigenvalue weighted by Gasteiger charge is 2.19. The predicted octanol–water partition coefficient (Wildman–Crippen LogP) is 2.46. The van der Waals surface area contributed by atoms with E-state index in [4.69, 9.17) is 10.5 Å². The van der Waals surface area contributed by atoms with Gasteiger partial charge in [-0.25, -0.2) is 0 Å². The van der Waals surface area contributed by atoms with Gasteiger partial charge in [0, 0.05) is 6.04 Å². The smallest absolute Gasteiger partial charge is 0.125 e. The largest absolute Gasteiger partial charge is 0.493 e. The van der Waals surface area contributed by atoms with E-state index in [0.717, 1.165) is 25.2 Å². The van der Waals surface area contributed by atoms with E-state index >= 15 is 0 Å². The normalized spacial score (nSPS) is 18.9. The van der Waals surface area contributed by atoms with E-state index in [1.165, 1.54) is 11.1 Å². The maximum Gasteiger partial charge on any atom is 0.125 e. The molecule has 0 bridgehead atoms. The van der Waals surface area contributed by atoms with Crippen molar-refractivity contribution in [2.45, 2.75) is 38.6 Å². The Morgan fingerprint density at radius 1 is 1.33 bits per heavy atom. The lowest BCUT2D eigenvalue weighted by Crippen LogP contribution is -2.24. The molecule has 15 heavy (non-hydrogen) atoms. The van der Waals surface area contributed by atoms with Gasteiger partial charge in [-0.1, -0.05) is 25.1 Å². The van der Waals surface area contributed by atoms with Crippen LogP contribution in [-0.2, 0) is 6.42 Å². The quantitative estimate of drug-likeness (QED) is 0.805. The van der Waals surface area contributed by atoms with Crippen molar-refractivity contribution in [1.29, 1.82) is 0 Å². The minimum absolute atomic E-state index is 0.169. The molecule has 0 aliphatic carbocycles. The first-order valence-corrected chi connectivity index (χ1v) is 5.70. The van der Waals surface area contributed by atoms with Gasteiger partial charge in [0.1, 0.15) is 5.75 Å². The summed E-state index contributed by atoms with van der Waals surface area (Å²) in [5.41, 5.74) is 8.55. The molecule has 1 aromatic carbocycles. The van der Waals surface area contributed by atoms with Crippen LogP contribution in [0.2, 0.25) is 0 Å². The molecule has 0 aromatic heterocycles. The van der Waals surface area contributed by atoms with Crippen LogP contribution in [0.1, 0.15) is 37.3 Å². The number of rotatable bonds is 2. The third kappa shape index (κ3) is 2.00. The van der Waals surface area contributed by atoms with Gasteiger partial charge in [0.05, 0.1) is 6.61 Å². The van der Waals surface area contributed by atoms with Gasteiger partial charge in [-0.2, -0.15) is 0 Å². The lowest BCUT2D eigenvalue weighted by atomic mass is 9.91. The Kier molecular flexibility index (Phi) is 2.96. The molecule has 0 spiro atoms. The number of hydrogen-bond acceptors (Lipinski definition) is 2. The number of para-hydroxylation sites is 1. The van der Waals surface area contributed by atoms with Crippen molar-refractivity contribution in [1.82, 2.24) is 0 Å². The summed E-state index contributed by atoms with van der Waals surface area (Å²) >= 11 is 0. The first-order chi connectivity index (χ1) is 7.20. The highest BCUT2D eigenvalue weighted by molar-refractivity contribution is 5.44. The lowest BCUT2D eigenvalue weighted by molar-refractivity contribution is 0.283. The highest BCUT2D eigenvalue weighted by atomic mass is 16.5. The van der Waals surface area contributed by atoms with Crippen LogP contribution in [0.15, 0.2) is 18.2 Å². The summed E-state index contributed by atoms with van der Waals surface area (Å²) < 4.78 is 5.77. The number of ether oxygens (including phenoxy) is 1. The van der Waals surface area contributed by atoms with Gasteiger partial charge in [-0.3, -0.25) is 0 Å². The lowest BCUT2D eigenvalue weighted by Gasteiger charge is -2.24. The van der Waals surface area contributed by atoms with Crippen LogP contribution >= 0.6 is 0 Å². The van der Waals surface area contributed by atoms with Crippen molar-refractivity contribution in [2.75, 3.05) is 6.61 Å². The van der Waals surface area contributed by atoms with E-state index in [1.807, 2.05) is 6.92 Å². The maximum atomic E-state index is 5.95. The summed E-state index contributed by atoms with van der Waals surface area (Å²) in [7, 11) is 0. The van der Waals surface area contributed by atoms with E-state index in [1.54, 1.807) is 0 Å². The van der Waals surface area contributed by atoms with Crippen LogP contribution in [0, 0.1) is 0 Å². The van der Waals surface area contributed by atoms with Gasteiger partial charge < -0.3 is 10.5 Å². The van der Waals surface area contributed by atoms with Crippen LogP contribution in [0.5, 0.6) is 5.75 Å². The fourth-order valence-electron chi connectivity index (χ4n) is 2.06. The molecule has 0 saturated carbocycles. The molecule has 2 rings (SSSR count). The molecule has 0 radical (unpaired) electrons. The van der Waals surface area contributed by atoms with Crippen LogP contribution in [0.3, 0.4) is 0 Å². The van der Waals surface area contributed by atoms with Crippen LogP contribution in [0.4, 0.5) is 0 Å². The second-order valence-corrected chi connectivity index (χ2v) is 4.44. The summed E-state index contributed by atoms with van der Waals surface area (Å²) in [5.74, 6) is 1.45. The Hall–Kier alpha value is -1.02. The van der Waals surface area contributed by atoms with E-state index in [0.29, 0.717) is 5.92 Å². The SMILES string of the molecule is CC(N)C(C)c1cccc2c1OCCC2. The molecule has 0 fully saturated rings. The molecule has 1 aromatic rings. The molecule has 2 nitrogen and oxygen atoms in total. The minimum atomic E-state index is 0.169. The average molecular weight is 205 g/mol. The van der Waals surface area contributed by atoms with Gasteiger partial charge in [0.15, 0.2) is 0 Å². The average Bonchev–Trinajstić information content (AvgIpc) is 2.27. The molecule has 0 saturated heterocycles. The first-order valence-electron chi connectivity index (χ1n) is 5.70. The molecule has 2 N–H and O–H groups in total. The van der Waals surface area contributed by atoms with Crippen LogP contribution < -0.4 is 10.5 Å². The zero-order chi connectivity index (χ0) is 10.8. The Labute approximate surface area is 91.4 Å². The molecule has 2 atom stereocenters. The Bertz CT molecular complexity index is 346. The van der Waals surface area contributed by atoms with E-state index in [2.05, 4.69) is 25.1 Å². The number of aryl methyl sites for hydroxylation is 1. The highest BCUT2D eigenvalue weighted by Crippen LogP contribution is 2.34. The van der Waals surface area contributed by atoms with E-state index in [9.17, 15) is 0 Å². The molecular weight excluding hydrogens is 186 g/mol. The van der Waals surface area contributed by atoms with Gasteiger partial charge in [0.25, 0.3) is 0 Å². The summed E-state index contributed by atoms with van der Waals surface area (Å²) in [4.78, 5) is 0. The van der Waals surface area contributed by atoms with Crippen LogP contribution in [-0.4, -0.2) is 12.6 Å². The Morgan fingerprint density at radius 3 is 2.87 bits per heavy atom. The molecule has 2 heteroatoms. The van der Waals surface area contributed by atoms with E-state index < -0.39 is 0 Å².